The Morgan fingerprint density at radius 1 is 0.462 bits per heavy atom. The first-order valence-corrected chi connectivity index (χ1v) is 32.3. The summed E-state index contributed by atoms with van der Waals surface area (Å²) in [6.45, 7) is 2.31. The van der Waals surface area contributed by atoms with Crippen LogP contribution in [0.2, 0.25) is 5.15 Å². The number of aromatic carboxylic acids is 2. The lowest BCUT2D eigenvalue weighted by Crippen LogP contribution is -2.33. The number of benzene rings is 3. The highest BCUT2D eigenvalue weighted by Gasteiger charge is 2.37. The molecular formula is C69H66Cl2N22O8S3. The Balaban J connectivity index is 0.000000144. The number of nitrogens with zero attached hydrogens (tertiary/aromatic N) is 17. The number of H-pyrrole nitrogens is 3. The zero-order valence-electron chi connectivity index (χ0n) is 54.7. The van der Waals surface area contributed by atoms with Crippen molar-refractivity contribution < 1.29 is 24.6 Å². The molecule has 0 aliphatic carbocycles. The number of carbonyl (C=O) groups excluding carboxylic acids is 1. The Labute approximate surface area is 620 Å². The first kappa shape index (κ1) is 73.6. The fourth-order valence-electron chi connectivity index (χ4n) is 13.4. The first-order chi connectivity index (χ1) is 48.8. The van der Waals surface area contributed by atoms with Gasteiger partial charge in [-0.25, -0.2) is 53.0 Å². The smallest absolute Gasteiger partial charge is 0.338 e. The van der Waals surface area contributed by atoms with Crippen LogP contribution in [0.3, 0.4) is 0 Å². The molecule has 104 heavy (non-hydrogen) atoms. The van der Waals surface area contributed by atoms with E-state index in [0.29, 0.717) is 91.6 Å². The number of carboxylic acids is 2. The second kappa shape index (κ2) is 31.3. The van der Waals surface area contributed by atoms with Gasteiger partial charge in [0.15, 0.2) is 17.5 Å². The second-order valence-corrected chi connectivity index (χ2v) is 24.0. The van der Waals surface area contributed by atoms with E-state index in [1.54, 1.807) is 70.1 Å². The molecule has 0 radical (unpaired) electrons. The lowest BCUT2D eigenvalue weighted by molar-refractivity contribution is 0.0688. The molecule has 0 spiro atoms. The predicted molar refractivity (Wildman–Crippen MR) is 408 cm³/mol. The Hall–Kier alpha value is -11.6. The lowest BCUT2D eigenvalue weighted by Gasteiger charge is -2.27. The number of rotatable bonds is 11. The quantitative estimate of drug-likeness (QED) is 0.0594. The highest BCUT2D eigenvalue weighted by molar-refractivity contribution is 7.59. The number of nitrogens with one attached hydrogen (secondary N) is 4. The molecule has 8 N–H and O–H groups in total. The van der Waals surface area contributed by atoms with Crippen molar-refractivity contribution in [1.29, 1.82) is 0 Å². The summed E-state index contributed by atoms with van der Waals surface area (Å²) in [5.74, 6) is 0.418. The fraction of sp³-hybridized carbons (Fsp3) is 0.174. The van der Waals surface area contributed by atoms with Crippen molar-refractivity contribution >= 4 is 144 Å². The molecule has 3 aliphatic heterocycles. The molecule has 15 aromatic rings. The molecule has 0 unspecified atom stereocenters. The minimum Gasteiger partial charge on any atom is -0.478 e. The van der Waals surface area contributed by atoms with E-state index in [2.05, 4.69) is 60.2 Å². The number of carbonyl (C=O) groups is 3. The molecule has 0 bridgehead atoms. The second-order valence-electron chi connectivity index (χ2n) is 23.7. The number of halogens is 2. The first-order valence-electron chi connectivity index (χ1n) is 31.9. The van der Waals surface area contributed by atoms with E-state index >= 15 is 0 Å². The van der Waals surface area contributed by atoms with E-state index in [9.17, 15) is 33.9 Å². The molecule has 12 aromatic heterocycles. The molecule has 3 saturated heterocycles. The monoisotopic (exact) mass is 1500 g/mol. The molecule has 15 heterocycles. The zero-order valence-corrected chi connectivity index (χ0v) is 59.3. The maximum Gasteiger partial charge on any atom is 0.338 e. The summed E-state index contributed by atoms with van der Waals surface area (Å²) in [6.07, 6.45) is 19.2. The van der Waals surface area contributed by atoms with Crippen molar-refractivity contribution in [2.45, 2.75) is 56.7 Å². The minimum atomic E-state index is -1.05. The van der Waals surface area contributed by atoms with Gasteiger partial charge in [0.05, 0.1) is 68.0 Å². The van der Waals surface area contributed by atoms with Crippen LogP contribution >= 0.6 is 64.5 Å². The predicted octanol–water partition coefficient (Wildman–Crippen LogP) is 8.97. The van der Waals surface area contributed by atoms with E-state index in [1.165, 1.54) is 31.4 Å². The van der Waals surface area contributed by atoms with Crippen LogP contribution in [-0.2, 0) is 0 Å². The number of aromatic nitrogens is 18. The number of amides is 1. The SMILES string of the molecule is Cl.NC(=O)c1c[nH]c2ncnc(N3CCC[C@H]3c3nn4cccc4c(=O)n3-c3ccccc3)c12.O=C(O)c1c[nH]c2ncnc(Cl)c12.O=C(O)c1c[nH]c2ncnc(N3CCC[C@H]3c3nn4cccc4c(=O)n3-c3ccccc3)c12.O=c1c2cccn2nc([C@@H]2CCCN2)n1-c1ccccc1.S.S.S. The van der Waals surface area contributed by atoms with Crippen LogP contribution in [0.5, 0.6) is 0 Å². The van der Waals surface area contributed by atoms with Gasteiger partial charge in [0.25, 0.3) is 22.6 Å². The lowest BCUT2D eigenvalue weighted by atomic mass is 10.1. The van der Waals surface area contributed by atoms with Gasteiger partial charge >= 0.3 is 11.9 Å². The molecule has 3 atom stereocenters. The third kappa shape index (κ3) is 13.6. The fourth-order valence-corrected chi connectivity index (χ4v) is 13.6. The average molecular weight is 1500 g/mol. The van der Waals surface area contributed by atoms with E-state index in [-0.39, 0.29) is 104 Å². The molecule has 18 rings (SSSR count). The molecule has 3 fully saturated rings. The molecule has 1 amide bonds. The third-order valence-electron chi connectivity index (χ3n) is 17.9. The van der Waals surface area contributed by atoms with E-state index in [0.717, 1.165) is 68.0 Å². The van der Waals surface area contributed by atoms with Crippen LogP contribution in [-0.4, -0.2) is 135 Å². The Bertz CT molecular complexity index is 5580. The van der Waals surface area contributed by atoms with Crippen LogP contribution in [0, 0.1) is 0 Å². The third-order valence-corrected chi connectivity index (χ3v) is 18.2. The summed E-state index contributed by atoms with van der Waals surface area (Å²) >= 11 is 5.71. The molecular weight excluding hydrogens is 1430 g/mol. The Morgan fingerprint density at radius 3 is 1.24 bits per heavy atom. The van der Waals surface area contributed by atoms with Gasteiger partial charge in [-0.1, -0.05) is 66.2 Å². The van der Waals surface area contributed by atoms with E-state index in [1.807, 2.05) is 114 Å². The molecule has 0 saturated carbocycles. The van der Waals surface area contributed by atoms with Crippen LogP contribution in [0.15, 0.2) is 198 Å². The number of hydrogen-bond donors (Lipinski definition) is 7. The molecule has 3 aromatic carbocycles. The number of anilines is 2. The summed E-state index contributed by atoms with van der Waals surface area (Å²) in [6, 6.07) is 39.0. The largest absolute Gasteiger partial charge is 0.478 e. The Morgan fingerprint density at radius 2 is 0.837 bits per heavy atom. The van der Waals surface area contributed by atoms with Gasteiger partial charge in [-0.05, 0) is 118 Å². The normalized spacial score (nSPS) is 15.3. The van der Waals surface area contributed by atoms with Gasteiger partial charge in [-0.2, -0.15) is 55.8 Å². The number of nitrogens with two attached hydrogens (primary N) is 1. The summed E-state index contributed by atoms with van der Waals surface area (Å²) in [4.78, 5) is 112. The van der Waals surface area contributed by atoms with Crippen molar-refractivity contribution in [3.63, 3.8) is 0 Å². The van der Waals surface area contributed by atoms with Crippen molar-refractivity contribution in [3.8, 4) is 17.1 Å². The highest BCUT2D eigenvalue weighted by Crippen LogP contribution is 2.41. The summed E-state index contributed by atoms with van der Waals surface area (Å²) in [5, 5.41) is 37.7. The highest BCUT2D eigenvalue weighted by atomic mass is 35.5. The standard InChI is InChI=1S/C23H20N8O2.C23H19N7O3.C16H16N4O.C7H4ClN3O2.ClH.3H2S/c24-19(32)15-12-25-20-18(15)22(27-13-26-20)29-10-4-8-16(29)21-28-30-11-5-9-17(30)23(33)31(21)14-6-2-1-3-7-14;31-22-17-9-5-11-29(17)27-20(30(22)14-6-2-1-3-7-14)16-8-4-10-28(16)21-18-15(23(32)33)12-24-19(18)25-13-26-21;21-16-14-9-5-11-19(14)18-15(13-8-4-10-17-13)20(16)12-6-2-1-3-7-12;8-5-4-3(7(12)13)1-9-6(4)11-2-10-5;;;;/h1-3,5-7,9,11-13,16H,4,8,10H2,(H2,24,32)(H,25,26,27);1-3,5-7,9,11-13,16H,4,8,10H2,(H,32,33)(H,24,25,26);1-3,5-7,9,11,13,17H,4,8,10H2;1-2H,(H,12,13)(H,9,10,11);1H;3*1H2/t2*16-;13-;;;;;/m000...../s1. The molecule has 532 valence electrons. The van der Waals surface area contributed by atoms with Gasteiger partial charge in [-0.15, -0.1) is 12.4 Å². The number of para-hydroxylation sites is 3. The number of aromatic amines is 3. The van der Waals surface area contributed by atoms with Gasteiger partial charge in [0, 0.05) is 50.3 Å². The summed E-state index contributed by atoms with van der Waals surface area (Å²) in [5.41, 5.74) is 11.1. The number of hydrogen-bond acceptors (Lipinski definition) is 18. The van der Waals surface area contributed by atoms with Gasteiger partial charge < -0.3 is 46.0 Å². The van der Waals surface area contributed by atoms with Crippen molar-refractivity contribution in [2.75, 3.05) is 29.4 Å². The van der Waals surface area contributed by atoms with Crippen molar-refractivity contribution in [3.05, 3.63) is 254 Å². The summed E-state index contributed by atoms with van der Waals surface area (Å²) < 4.78 is 9.95. The van der Waals surface area contributed by atoms with Crippen LogP contribution in [0.4, 0.5) is 11.6 Å². The number of carboxylic acid groups (broad SMARTS) is 2. The molecule has 35 heteroatoms. The van der Waals surface area contributed by atoms with Gasteiger partial charge in [0.1, 0.15) is 69.3 Å². The zero-order chi connectivity index (χ0) is 68.7. The van der Waals surface area contributed by atoms with Crippen molar-refractivity contribution in [1.82, 2.24) is 92.7 Å². The van der Waals surface area contributed by atoms with Crippen LogP contribution in [0.25, 0.3) is 66.7 Å². The maximum atomic E-state index is 13.5. The number of fused-ring (bicyclic) bond motifs is 6. The average Bonchev–Trinajstić information content (AvgIpc) is 1.50. The minimum absolute atomic E-state index is 0. The van der Waals surface area contributed by atoms with E-state index < -0.39 is 17.8 Å². The Kier molecular flexibility index (Phi) is 22.2. The molecule has 30 nitrogen and oxygen atoms in total. The van der Waals surface area contributed by atoms with Gasteiger partial charge in [0.2, 0.25) is 0 Å². The van der Waals surface area contributed by atoms with Crippen molar-refractivity contribution in [2.24, 2.45) is 5.73 Å². The van der Waals surface area contributed by atoms with E-state index in [4.69, 9.17) is 32.6 Å². The molecule has 3 aliphatic rings. The topological polar surface area (TPSA) is 379 Å². The van der Waals surface area contributed by atoms with Crippen LogP contribution in [0.1, 0.15) is 105 Å². The maximum absolute atomic E-state index is 13.5. The summed E-state index contributed by atoms with van der Waals surface area (Å²) in [7, 11) is 0. The van der Waals surface area contributed by atoms with Crippen LogP contribution < -0.4 is 37.5 Å². The number of primary amides is 1. The van der Waals surface area contributed by atoms with Gasteiger partial charge in [-0.3, -0.25) is 32.9 Å².